The summed E-state index contributed by atoms with van der Waals surface area (Å²) in [6, 6.07) is -1.36. The topological polar surface area (TPSA) is 77.8 Å². The zero-order valence-electron chi connectivity index (χ0n) is 12.3. The Bertz CT molecular complexity index is 370. The van der Waals surface area contributed by atoms with Crippen LogP contribution < -0.4 is 0 Å². The number of hydrogen-bond acceptors (Lipinski definition) is 3. The fraction of sp³-hybridized carbons (Fsp3) is 0.857. The molecule has 0 aromatic heterocycles. The van der Waals surface area contributed by atoms with E-state index in [-0.39, 0.29) is 23.8 Å². The highest BCUT2D eigenvalue weighted by Gasteiger charge is 2.37. The lowest BCUT2D eigenvalue weighted by molar-refractivity contribution is -0.182. The molecule has 1 saturated carbocycles. The molecule has 0 saturated heterocycles. The van der Waals surface area contributed by atoms with Gasteiger partial charge in [-0.2, -0.15) is 13.2 Å². The van der Waals surface area contributed by atoms with Crippen molar-refractivity contribution >= 4 is 12.4 Å². The van der Waals surface area contributed by atoms with Gasteiger partial charge >= 0.3 is 12.1 Å². The van der Waals surface area contributed by atoms with Gasteiger partial charge < -0.3 is 5.11 Å². The van der Waals surface area contributed by atoms with Crippen molar-refractivity contribution in [3.05, 3.63) is 0 Å². The molecule has 22 heavy (non-hydrogen) atoms. The zero-order chi connectivity index (χ0) is 16.8. The van der Waals surface area contributed by atoms with Gasteiger partial charge in [0.2, 0.25) is 6.41 Å². The van der Waals surface area contributed by atoms with Crippen LogP contribution in [0.15, 0.2) is 0 Å². The van der Waals surface area contributed by atoms with E-state index in [1.54, 1.807) is 0 Å². The van der Waals surface area contributed by atoms with Crippen LogP contribution in [0.4, 0.5) is 13.2 Å². The van der Waals surface area contributed by atoms with E-state index in [9.17, 15) is 33.1 Å². The second-order valence-corrected chi connectivity index (χ2v) is 5.89. The van der Waals surface area contributed by atoms with Crippen LogP contribution in [0.2, 0.25) is 0 Å². The molecule has 1 fully saturated rings. The second-order valence-electron chi connectivity index (χ2n) is 5.89. The standard InChI is InChI=1S/C14H22F3NO4/c15-14(16,17)7-6-12(18(22)9-19)11(13(20)21)8-10-4-2-1-3-5-10/h9-12,22H,1-8H2,(H,20,21). The second kappa shape index (κ2) is 8.36. The Labute approximate surface area is 127 Å². The number of amides is 1. The van der Waals surface area contributed by atoms with Gasteiger partial charge in [-0.05, 0) is 18.8 Å². The summed E-state index contributed by atoms with van der Waals surface area (Å²) in [5.41, 5.74) is 0. The van der Waals surface area contributed by atoms with Crippen molar-refractivity contribution in [3.63, 3.8) is 0 Å². The number of halogens is 3. The Morgan fingerprint density at radius 2 is 1.86 bits per heavy atom. The minimum absolute atomic E-state index is 0.0299. The van der Waals surface area contributed by atoms with Crippen molar-refractivity contribution in [2.24, 2.45) is 11.8 Å². The number of alkyl halides is 3. The van der Waals surface area contributed by atoms with E-state index in [4.69, 9.17) is 0 Å². The van der Waals surface area contributed by atoms with E-state index in [1.165, 1.54) is 0 Å². The quantitative estimate of drug-likeness (QED) is 0.408. The van der Waals surface area contributed by atoms with E-state index in [0.717, 1.165) is 32.1 Å². The number of hydroxylamine groups is 2. The average Bonchev–Trinajstić information content (AvgIpc) is 2.45. The van der Waals surface area contributed by atoms with E-state index in [2.05, 4.69) is 0 Å². The predicted octanol–water partition coefficient (Wildman–Crippen LogP) is 3.22. The van der Waals surface area contributed by atoms with Crippen molar-refractivity contribution in [2.45, 2.75) is 63.6 Å². The summed E-state index contributed by atoms with van der Waals surface area (Å²) in [5.74, 6) is -2.36. The third-order valence-electron chi connectivity index (χ3n) is 4.27. The number of aliphatic carboxylic acids is 1. The molecule has 1 amide bonds. The molecule has 5 nitrogen and oxygen atoms in total. The molecular weight excluding hydrogens is 303 g/mol. The minimum Gasteiger partial charge on any atom is -0.481 e. The summed E-state index contributed by atoms with van der Waals surface area (Å²) in [4.78, 5) is 22.1. The highest BCUT2D eigenvalue weighted by Crippen LogP contribution is 2.33. The van der Waals surface area contributed by atoms with Crippen LogP contribution in [-0.2, 0) is 9.59 Å². The molecule has 0 bridgehead atoms. The van der Waals surface area contributed by atoms with E-state index in [1.807, 2.05) is 0 Å². The van der Waals surface area contributed by atoms with Gasteiger partial charge in [0.1, 0.15) is 0 Å². The normalized spacial score (nSPS) is 19.5. The number of hydrogen-bond donors (Lipinski definition) is 2. The lowest BCUT2D eigenvalue weighted by atomic mass is 9.79. The van der Waals surface area contributed by atoms with Crippen LogP contribution in [0.25, 0.3) is 0 Å². The monoisotopic (exact) mass is 325 g/mol. The van der Waals surface area contributed by atoms with E-state index >= 15 is 0 Å². The van der Waals surface area contributed by atoms with Crippen LogP contribution in [0.3, 0.4) is 0 Å². The van der Waals surface area contributed by atoms with Gasteiger partial charge in [0.05, 0.1) is 12.0 Å². The molecule has 0 heterocycles. The van der Waals surface area contributed by atoms with Crippen LogP contribution in [0.5, 0.6) is 0 Å². The zero-order valence-corrected chi connectivity index (χ0v) is 12.3. The molecule has 0 aliphatic heterocycles. The largest absolute Gasteiger partial charge is 0.481 e. The number of carbonyl (C=O) groups is 2. The first kappa shape index (κ1) is 18.7. The first-order chi connectivity index (χ1) is 10.2. The number of nitrogens with zero attached hydrogens (tertiary/aromatic N) is 1. The van der Waals surface area contributed by atoms with Crippen molar-refractivity contribution in [2.75, 3.05) is 0 Å². The van der Waals surface area contributed by atoms with Crippen molar-refractivity contribution in [1.29, 1.82) is 0 Å². The van der Waals surface area contributed by atoms with Gasteiger partial charge in [0.15, 0.2) is 0 Å². The first-order valence-electron chi connectivity index (χ1n) is 7.46. The van der Waals surface area contributed by atoms with Crippen molar-refractivity contribution in [1.82, 2.24) is 5.06 Å². The van der Waals surface area contributed by atoms with Gasteiger partial charge in [0.25, 0.3) is 0 Å². The molecule has 0 aromatic carbocycles. The molecule has 2 atom stereocenters. The number of rotatable bonds is 8. The lowest BCUT2D eigenvalue weighted by Crippen LogP contribution is -2.43. The van der Waals surface area contributed by atoms with Crippen molar-refractivity contribution in [3.8, 4) is 0 Å². The number of carbonyl (C=O) groups excluding carboxylic acids is 1. The molecule has 2 N–H and O–H groups in total. The fourth-order valence-electron chi connectivity index (χ4n) is 3.11. The molecule has 2 unspecified atom stereocenters. The Balaban J connectivity index is 2.79. The van der Waals surface area contributed by atoms with Gasteiger partial charge in [-0.3, -0.25) is 14.8 Å². The van der Waals surface area contributed by atoms with E-state index in [0.29, 0.717) is 0 Å². The third kappa shape index (κ3) is 6.21. The maximum atomic E-state index is 12.4. The Morgan fingerprint density at radius 1 is 1.27 bits per heavy atom. The SMILES string of the molecule is O=CN(O)C(CCC(F)(F)F)C(CC1CCCCC1)C(=O)O. The van der Waals surface area contributed by atoms with Crippen LogP contribution in [-0.4, -0.2) is 40.0 Å². The first-order valence-corrected chi connectivity index (χ1v) is 7.46. The third-order valence-corrected chi connectivity index (χ3v) is 4.27. The van der Waals surface area contributed by atoms with Crippen LogP contribution in [0.1, 0.15) is 51.4 Å². The highest BCUT2D eigenvalue weighted by molar-refractivity contribution is 5.71. The molecule has 8 heteroatoms. The lowest BCUT2D eigenvalue weighted by Gasteiger charge is -2.32. The average molecular weight is 325 g/mol. The molecule has 0 aromatic rings. The molecule has 1 aliphatic carbocycles. The summed E-state index contributed by atoms with van der Waals surface area (Å²) >= 11 is 0. The molecule has 0 radical (unpaired) electrons. The Hall–Kier alpha value is -1.31. The summed E-state index contributed by atoms with van der Waals surface area (Å²) in [6.45, 7) is 0. The number of carboxylic acid groups (broad SMARTS) is 1. The maximum Gasteiger partial charge on any atom is 0.389 e. The Morgan fingerprint density at radius 3 is 2.32 bits per heavy atom. The molecular formula is C14H22F3NO4. The van der Waals surface area contributed by atoms with Crippen LogP contribution >= 0.6 is 0 Å². The van der Waals surface area contributed by atoms with Crippen molar-refractivity contribution < 1.29 is 33.1 Å². The van der Waals surface area contributed by atoms with E-state index < -0.39 is 36.9 Å². The van der Waals surface area contributed by atoms with Gasteiger partial charge in [-0.1, -0.05) is 32.1 Å². The number of carboxylic acids is 1. The summed E-state index contributed by atoms with van der Waals surface area (Å²) < 4.78 is 37.1. The summed E-state index contributed by atoms with van der Waals surface area (Å²) in [7, 11) is 0. The smallest absolute Gasteiger partial charge is 0.389 e. The summed E-state index contributed by atoms with van der Waals surface area (Å²) in [6.07, 6.45) is -1.48. The minimum atomic E-state index is -4.46. The molecule has 1 aliphatic rings. The van der Waals surface area contributed by atoms with Gasteiger partial charge in [-0.25, -0.2) is 5.06 Å². The predicted molar refractivity (Wildman–Crippen MR) is 71.1 cm³/mol. The van der Waals surface area contributed by atoms with Crippen LogP contribution in [0, 0.1) is 11.8 Å². The maximum absolute atomic E-state index is 12.4. The van der Waals surface area contributed by atoms with Gasteiger partial charge in [-0.15, -0.1) is 0 Å². The fourth-order valence-corrected chi connectivity index (χ4v) is 3.11. The molecule has 128 valence electrons. The summed E-state index contributed by atoms with van der Waals surface area (Å²) in [5, 5.41) is 18.9. The molecule has 0 spiro atoms. The highest BCUT2D eigenvalue weighted by atomic mass is 19.4. The molecule has 1 rings (SSSR count). The Kier molecular flexibility index (Phi) is 7.12. The van der Waals surface area contributed by atoms with Gasteiger partial charge in [0, 0.05) is 6.42 Å².